The van der Waals surface area contributed by atoms with E-state index in [1.807, 2.05) is 0 Å². The Morgan fingerprint density at radius 1 is 1.53 bits per heavy atom. The van der Waals surface area contributed by atoms with Crippen LogP contribution in [0.3, 0.4) is 0 Å². The molecule has 1 unspecified atom stereocenters. The minimum absolute atomic E-state index is 0.0922. The van der Waals surface area contributed by atoms with Crippen LogP contribution in [-0.4, -0.2) is 19.1 Å². The lowest BCUT2D eigenvalue weighted by Gasteiger charge is -2.20. The quantitative estimate of drug-likeness (QED) is 0.799. The first kappa shape index (κ1) is 13.6. The third-order valence-corrected chi connectivity index (χ3v) is 3.02. The lowest BCUT2D eigenvalue weighted by Crippen LogP contribution is -2.25. The van der Waals surface area contributed by atoms with E-state index in [0.29, 0.717) is 5.02 Å². The number of hydrogen-bond donors (Lipinski definition) is 0. The number of anilines is 1. The standard InChI is InChI=1S/C13H10ClF2NO2/c1-2-8-5-12(18)17(7-8)10-6-9(14)3-4-11(10)19-13(15)16/h1,3-4,6,8,13H,5,7H2. The molecule has 0 aliphatic carbocycles. The summed E-state index contributed by atoms with van der Waals surface area (Å²) >= 11 is 5.83. The number of nitrogens with zero attached hydrogens (tertiary/aromatic N) is 1. The molecule has 1 aromatic carbocycles. The van der Waals surface area contributed by atoms with Crippen molar-refractivity contribution in [2.24, 2.45) is 5.92 Å². The number of ether oxygens (including phenoxy) is 1. The van der Waals surface area contributed by atoms with E-state index < -0.39 is 6.61 Å². The summed E-state index contributed by atoms with van der Waals surface area (Å²) in [5, 5.41) is 0.327. The molecule has 1 atom stereocenters. The maximum Gasteiger partial charge on any atom is 0.387 e. The molecule has 0 aromatic heterocycles. The Morgan fingerprint density at radius 3 is 2.84 bits per heavy atom. The first-order valence-corrected chi connectivity index (χ1v) is 5.90. The van der Waals surface area contributed by atoms with Gasteiger partial charge in [-0.2, -0.15) is 8.78 Å². The van der Waals surface area contributed by atoms with Crippen molar-refractivity contribution in [3.8, 4) is 18.1 Å². The van der Waals surface area contributed by atoms with E-state index in [-0.39, 0.29) is 36.2 Å². The molecule has 1 aliphatic heterocycles. The molecular formula is C13H10ClF2NO2. The van der Waals surface area contributed by atoms with Crippen LogP contribution in [0.1, 0.15) is 6.42 Å². The summed E-state index contributed by atoms with van der Waals surface area (Å²) in [7, 11) is 0. The zero-order valence-electron chi connectivity index (χ0n) is 9.78. The normalized spacial score (nSPS) is 18.8. The van der Waals surface area contributed by atoms with E-state index in [1.54, 1.807) is 0 Å². The molecule has 2 rings (SSSR count). The molecule has 6 heteroatoms. The Balaban J connectivity index is 2.35. The summed E-state index contributed by atoms with van der Waals surface area (Å²) in [5.74, 6) is 1.93. The zero-order valence-corrected chi connectivity index (χ0v) is 10.5. The molecular weight excluding hydrogens is 276 g/mol. The van der Waals surface area contributed by atoms with Crippen molar-refractivity contribution >= 4 is 23.2 Å². The highest BCUT2D eigenvalue weighted by Crippen LogP contribution is 2.36. The third kappa shape index (κ3) is 2.96. The van der Waals surface area contributed by atoms with Crippen molar-refractivity contribution < 1.29 is 18.3 Å². The highest BCUT2D eigenvalue weighted by atomic mass is 35.5. The van der Waals surface area contributed by atoms with Gasteiger partial charge in [0, 0.05) is 23.9 Å². The summed E-state index contributed by atoms with van der Waals surface area (Å²) in [5.41, 5.74) is 0.218. The fraction of sp³-hybridized carbons (Fsp3) is 0.308. The summed E-state index contributed by atoms with van der Waals surface area (Å²) in [6.07, 6.45) is 5.47. The number of hydrogen-bond acceptors (Lipinski definition) is 2. The minimum Gasteiger partial charge on any atom is -0.433 e. The van der Waals surface area contributed by atoms with Gasteiger partial charge in [-0.3, -0.25) is 4.79 Å². The molecule has 0 bridgehead atoms. The second-order valence-corrected chi connectivity index (χ2v) is 4.50. The van der Waals surface area contributed by atoms with Crippen molar-refractivity contribution in [1.82, 2.24) is 0 Å². The van der Waals surface area contributed by atoms with E-state index in [2.05, 4.69) is 10.7 Å². The highest BCUT2D eigenvalue weighted by Gasteiger charge is 2.31. The first-order chi connectivity index (χ1) is 9.01. The van der Waals surface area contributed by atoms with E-state index >= 15 is 0 Å². The summed E-state index contributed by atoms with van der Waals surface area (Å²) < 4.78 is 29.1. The largest absolute Gasteiger partial charge is 0.433 e. The van der Waals surface area contributed by atoms with Crippen LogP contribution in [0.2, 0.25) is 5.02 Å². The van der Waals surface area contributed by atoms with Crippen LogP contribution >= 0.6 is 11.6 Å². The molecule has 0 spiro atoms. The molecule has 0 radical (unpaired) electrons. The molecule has 0 N–H and O–H groups in total. The van der Waals surface area contributed by atoms with Crippen LogP contribution in [0, 0.1) is 18.3 Å². The maximum atomic E-state index is 12.3. The summed E-state index contributed by atoms with van der Waals surface area (Å²) in [6.45, 7) is -2.70. The topological polar surface area (TPSA) is 29.5 Å². The third-order valence-electron chi connectivity index (χ3n) is 2.79. The van der Waals surface area contributed by atoms with Gasteiger partial charge < -0.3 is 9.64 Å². The average Bonchev–Trinajstić information content (AvgIpc) is 2.72. The van der Waals surface area contributed by atoms with E-state index in [0.717, 1.165) is 0 Å². The predicted octanol–water partition coefficient (Wildman–Crippen LogP) is 2.93. The van der Waals surface area contributed by atoms with Gasteiger partial charge in [-0.1, -0.05) is 11.6 Å². The van der Waals surface area contributed by atoms with Crippen LogP contribution < -0.4 is 9.64 Å². The lowest BCUT2D eigenvalue weighted by atomic mass is 10.1. The summed E-state index contributed by atoms with van der Waals surface area (Å²) in [4.78, 5) is 13.2. The van der Waals surface area contributed by atoms with Crippen LogP contribution in [0.5, 0.6) is 5.75 Å². The number of carbonyl (C=O) groups excluding carboxylic acids is 1. The first-order valence-electron chi connectivity index (χ1n) is 5.52. The Morgan fingerprint density at radius 2 is 2.26 bits per heavy atom. The molecule has 1 saturated heterocycles. The van der Waals surface area contributed by atoms with Crippen molar-refractivity contribution in [2.75, 3.05) is 11.4 Å². The molecule has 1 heterocycles. The molecule has 1 aromatic rings. The smallest absolute Gasteiger partial charge is 0.387 e. The molecule has 0 saturated carbocycles. The second kappa shape index (κ2) is 5.45. The van der Waals surface area contributed by atoms with Crippen molar-refractivity contribution in [3.05, 3.63) is 23.2 Å². The van der Waals surface area contributed by atoms with Gasteiger partial charge in [0.15, 0.2) is 0 Å². The molecule has 1 aliphatic rings. The SMILES string of the molecule is C#CC1CC(=O)N(c2cc(Cl)ccc2OC(F)F)C1. The van der Waals surface area contributed by atoms with E-state index in [1.165, 1.54) is 23.1 Å². The van der Waals surface area contributed by atoms with Gasteiger partial charge in [0.05, 0.1) is 5.69 Å². The number of halogens is 3. The number of alkyl halides is 2. The number of amides is 1. The average molecular weight is 286 g/mol. The van der Waals surface area contributed by atoms with E-state index in [4.69, 9.17) is 18.0 Å². The van der Waals surface area contributed by atoms with Gasteiger partial charge in [0.25, 0.3) is 0 Å². The Bertz CT molecular complexity index is 542. The molecule has 1 amide bonds. The molecule has 1 fully saturated rings. The van der Waals surface area contributed by atoms with Crippen molar-refractivity contribution in [2.45, 2.75) is 13.0 Å². The fourth-order valence-corrected chi connectivity index (χ4v) is 2.12. The Hall–Kier alpha value is -1.80. The van der Waals surface area contributed by atoms with Crippen LogP contribution in [0.15, 0.2) is 18.2 Å². The van der Waals surface area contributed by atoms with Gasteiger partial charge in [-0.15, -0.1) is 12.3 Å². The lowest BCUT2D eigenvalue weighted by molar-refractivity contribution is -0.117. The molecule has 19 heavy (non-hydrogen) atoms. The Labute approximate surface area is 114 Å². The second-order valence-electron chi connectivity index (χ2n) is 4.06. The van der Waals surface area contributed by atoms with Gasteiger partial charge in [0.1, 0.15) is 5.75 Å². The molecule has 3 nitrogen and oxygen atoms in total. The van der Waals surface area contributed by atoms with Crippen LogP contribution in [-0.2, 0) is 4.79 Å². The van der Waals surface area contributed by atoms with Gasteiger partial charge in [0.2, 0.25) is 5.91 Å². The van der Waals surface area contributed by atoms with Crippen LogP contribution in [0.4, 0.5) is 14.5 Å². The van der Waals surface area contributed by atoms with Gasteiger partial charge in [-0.25, -0.2) is 0 Å². The van der Waals surface area contributed by atoms with E-state index in [9.17, 15) is 13.6 Å². The Kier molecular flexibility index (Phi) is 3.91. The monoisotopic (exact) mass is 285 g/mol. The fourth-order valence-electron chi connectivity index (χ4n) is 1.95. The zero-order chi connectivity index (χ0) is 14.0. The maximum absolute atomic E-state index is 12.3. The van der Waals surface area contributed by atoms with Gasteiger partial charge in [-0.05, 0) is 18.2 Å². The number of terminal acetylenes is 1. The molecule has 100 valence electrons. The highest BCUT2D eigenvalue weighted by molar-refractivity contribution is 6.31. The number of benzene rings is 1. The minimum atomic E-state index is -2.97. The van der Waals surface area contributed by atoms with Crippen LogP contribution in [0.25, 0.3) is 0 Å². The number of rotatable bonds is 3. The summed E-state index contributed by atoms with van der Waals surface area (Å²) in [6, 6.07) is 4.14. The predicted molar refractivity (Wildman–Crippen MR) is 67.4 cm³/mol. The van der Waals surface area contributed by atoms with Gasteiger partial charge >= 0.3 is 6.61 Å². The number of carbonyl (C=O) groups is 1. The van der Waals surface area contributed by atoms with Crippen molar-refractivity contribution in [3.63, 3.8) is 0 Å². The van der Waals surface area contributed by atoms with Crippen molar-refractivity contribution in [1.29, 1.82) is 0 Å².